The van der Waals surface area contributed by atoms with E-state index in [2.05, 4.69) is 20.2 Å². The molecule has 0 saturated carbocycles. The number of benzene rings is 2. The average Bonchev–Trinajstić information content (AvgIpc) is 3.15. The third-order valence-electron chi connectivity index (χ3n) is 4.12. The van der Waals surface area contributed by atoms with Gasteiger partial charge in [-0.15, -0.1) is 0 Å². The summed E-state index contributed by atoms with van der Waals surface area (Å²) in [4.78, 5) is 12.3. The fourth-order valence-corrected chi connectivity index (χ4v) is 3.34. The van der Waals surface area contributed by atoms with Crippen LogP contribution in [0.4, 0.5) is 10.2 Å². The minimum Gasteiger partial charge on any atom is -0.309 e. The number of nitrogens with one attached hydrogen (secondary N) is 3. The molecule has 3 aromatic rings. The second kappa shape index (κ2) is 8.32. The van der Waals surface area contributed by atoms with E-state index >= 15 is 0 Å². The third kappa shape index (κ3) is 4.81. The van der Waals surface area contributed by atoms with Crippen LogP contribution >= 0.6 is 0 Å². The predicted molar refractivity (Wildman–Crippen MR) is 104 cm³/mol. The lowest BCUT2D eigenvalue weighted by Gasteiger charge is -2.05. The molecule has 0 bridgehead atoms. The van der Waals surface area contributed by atoms with Gasteiger partial charge in [0.25, 0.3) is 0 Å². The number of nitrogens with zero attached hydrogens (tertiary/aromatic N) is 1. The van der Waals surface area contributed by atoms with Gasteiger partial charge in [-0.2, -0.15) is 5.10 Å². The van der Waals surface area contributed by atoms with Crippen molar-refractivity contribution in [2.24, 2.45) is 0 Å². The summed E-state index contributed by atoms with van der Waals surface area (Å²) in [5.74, 6) is -0.241. The molecular formula is C19H19FN4O3S. The standard InChI is InChI=1S/C19H19FN4O3S/c1-21-28(26,27)16-8-5-13(6-9-16)7-10-19(25)22-18-12-17(23-24-18)14-3-2-4-15(20)11-14/h2-6,8-9,11-12,21H,7,10H2,1H3,(H2,22,23,24,25). The van der Waals surface area contributed by atoms with Crippen LogP contribution in [0.2, 0.25) is 0 Å². The molecule has 1 amide bonds. The van der Waals surface area contributed by atoms with Crippen LogP contribution in [0.5, 0.6) is 0 Å². The van der Waals surface area contributed by atoms with Crippen LogP contribution in [-0.2, 0) is 21.2 Å². The number of H-pyrrole nitrogens is 1. The highest BCUT2D eigenvalue weighted by atomic mass is 32.2. The van der Waals surface area contributed by atoms with Crippen LogP contribution in [0.25, 0.3) is 11.3 Å². The lowest BCUT2D eigenvalue weighted by atomic mass is 10.1. The summed E-state index contributed by atoms with van der Waals surface area (Å²) in [6, 6.07) is 14.0. The number of aromatic amines is 1. The van der Waals surface area contributed by atoms with Crippen molar-refractivity contribution < 1.29 is 17.6 Å². The van der Waals surface area contributed by atoms with E-state index in [0.29, 0.717) is 23.5 Å². The Bertz CT molecular complexity index is 1080. The van der Waals surface area contributed by atoms with E-state index in [0.717, 1.165) is 5.56 Å². The quantitative estimate of drug-likeness (QED) is 0.565. The molecule has 0 atom stereocenters. The molecule has 0 fully saturated rings. The summed E-state index contributed by atoms with van der Waals surface area (Å²) in [6.07, 6.45) is 0.660. The normalized spacial score (nSPS) is 11.4. The number of anilines is 1. The second-order valence-corrected chi connectivity index (χ2v) is 7.96. The smallest absolute Gasteiger partial charge is 0.240 e. The zero-order valence-corrected chi connectivity index (χ0v) is 15.9. The zero-order valence-electron chi connectivity index (χ0n) is 15.1. The van der Waals surface area contributed by atoms with E-state index in [1.54, 1.807) is 30.3 Å². The molecule has 9 heteroatoms. The fraction of sp³-hybridized carbons (Fsp3) is 0.158. The molecule has 3 N–H and O–H groups in total. The Morgan fingerprint density at radius 1 is 1.14 bits per heavy atom. The molecule has 0 radical (unpaired) electrons. The Hall–Kier alpha value is -3.04. The molecule has 1 heterocycles. The first-order valence-corrected chi connectivity index (χ1v) is 9.99. The zero-order chi connectivity index (χ0) is 20.1. The van der Waals surface area contributed by atoms with E-state index in [-0.39, 0.29) is 23.0 Å². The Morgan fingerprint density at radius 2 is 1.89 bits per heavy atom. The van der Waals surface area contributed by atoms with Crippen LogP contribution in [0.15, 0.2) is 59.5 Å². The Kier molecular flexibility index (Phi) is 5.86. The number of hydrogen-bond acceptors (Lipinski definition) is 4. The van der Waals surface area contributed by atoms with Gasteiger partial charge in [-0.1, -0.05) is 24.3 Å². The van der Waals surface area contributed by atoms with Gasteiger partial charge in [0.05, 0.1) is 10.6 Å². The number of amides is 1. The highest BCUT2D eigenvalue weighted by Crippen LogP contribution is 2.20. The predicted octanol–water partition coefficient (Wildman–Crippen LogP) is 2.70. The molecule has 146 valence electrons. The second-order valence-electron chi connectivity index (χ2n) is 6.08. The molecule has 2 aromatic carbocycles. The van der Waals surface area contributed by atoms with Crippen molar-refractivity contribution >= 4 is 21.7 Å². The van der Waals surface area contributed by atoms with Crippen molar-refractivity contribution in [2.75, 3.05) is 12.4 Å². The van der Waals surface area contributed by atoms with Crippen molar-refractivity contribution in [1.82, 2.24) is 14.9 Å². The van der Waals surface area contributed by atoms with Crippen LogP contribution in [0.1, 0.15) is 12.0 Å². The lowest BCUT2D eigenvalue weighted by Crippen LogP contribution is -2.18. The number of halogens is 1. The number of aryl methyl sites for hydroxylation is 1. The van der Waals surface area contributed by atoms with E-state index < -0.39 is 10.0 Å². The lowest BCUT2D eigenvalue weighted by molar-refractivity contribution is -0.116. The topological polar surface area (TPSA) is 104 Å². The molecule has 3 rings (SSSR count). The third-order valence-corrected chi connectivity index (χ3v) is 5.55. The number of sulfonamides is 1. The summed E-state index contributed by atoms with van der Waals surface area (Å²) in [5, 5.41) is 9.45. The molecule has 0 aliphatic carbocycles. The van der Waals surface area contributed by atoms with Crippen molar-refractivity contribution in [3.63, 3.8) is 0 Å². The Labute approximate surface area is 162 Å². The number of carbonyl (C=O) groups excluding carboxylic acids is 1. The van der Waals surface area contributed by atoms with Gasteiger partial charge in [0.1, 0.15) is 5.82 Å². The monoisotopic (exact) mass is 402 g/mol. The van der Waals surface area contributed by atoms with E-state index in [9.17, 15) is 17.6 Å². The van der Waals surface area contributed by atoms with Crippen LogP contribution < -0.4 is 10.0 Å². The van der Waals surface area contributed by atoms with Gasteiger partial charge in [0, 0.05) is 18.1 Å². The first-order chi connectivity index (χ1) is 13.4. The molecule has 0 spiro atoms. The SMILES string of the molecule is CNS(=O)(=O)c1ccc(CCC(=O)Nc2cc(-c3cccc(F)c3)[nH]n2)cc1. The van der Waals surface area contributed by atoms with Gasteiger partial charge in [-0.25, -0.2) is 17.5 Å². The molecule has 0 aliphatic rings. The minimum atomic E-state index is -3.47. The van der Waals surface area contributed by atoms with Crippen LogP contribution in [-0.4, -0.2) is 31.6 Å². The molecule has 0 unspecified atom stereocenters. The molecule has 0 saturated heterocycles. The maximum absolute atomic E-state index is 13.3. The first kappa shape index (κ1) is 19.7. The average molecular weight is 402 g/mol. The first-order valence-electron chi connectivity index (χ1n) is 8.51. The Morgan fingerprint density at radius 3 is 2.57 bits per heavy atom. The van der Waals surface area contributed by atoms with Gasteiger partial charge in [0.15, 0.2) is 5.82 Å². The van der Waals surface area contributed by atoms with Crippen molar-refractivity contribution in [2.45, 2.75) is 17.7 Å². The number of rotatable bonds is 7. The summed E-state index contributed by atoms with van der Waals surface area (Å²) in [5.41, 5.74) is 2.06. The molecule has 28 heavy (non-hydrogen) atoms. The fourth-order valence-electron chi connectivity index (χ4n) is 2.61. The van der Waals surface area contributed by atoms with Gasteiger partial charge in [-0.05, 0) is 43.3 Å². The minimum absolute atomic E-state index is 0.171. The van der Waals surface area contributed by atoms with Gasteiger partial charge in [0.2, 0.25) is 15.9 Å². The highest BCUT2D eigenvalue weighted by Gasteiger charge is 2.11. The Balaban J connectivity index is 1.56. The van der Waals surface area contributed by atoms with Gasteiger partial charge >= 0.3 is 0 Å². The van der Waals surface area contributed by atoms with E-state index in [4.69, 9.17) is 0 Å². The van der Waals surface area contributed by atoms with Crippen molar-refractivity contribution in [1.29, 1.82) is 0 Å². The van der Waals surface area contributed by atoms with Crippen LogP contribution in [0, 0.1) is 5.82 Å². The number of hydrogen-bond donors (Lipinski definition) is 3. The maximum Gasteiger partial charge on any atom is 0.240 e. The summed E-state index contributed by atoms with van der Waals surface area (Å²) >= 11 is 0. The summed E-state index contributed by atoms with van der Waals surface area (Å²) < 4.78 is 38.9. The highest BCUT2D eigenvalue weighted by molar-refractivity contribution is 7.89. The number of aromatic nitrogens is 2. The van der Waals surface area contributed by atoms with E-state index in [1.807, 2.05) is 0 Å². The molecule has 1 aromatic heterocycles. The van der Waals surface area contributed by atoms with Crippen molar-refractivity contribution in [3.05, 3.63) is 66.0 Å². The number of carbonyl (C=O) groups is 1. The molecule has 0 aliphatic heterocycles. The molecule has 7 nitrogen and oxygen atoms in total. The van der Waals surface area contributed by atoms with Gasteiger partial charge < -0.3 is 5.32 Å². The van der Waals surface area contributed by atoms with Crippen LogP contribution in [0.3, 0.4) is 0 Å². The van der Waals surface area contributed by atoms with Gasteiger partial charge in [-0.3, -0.25) is 9.89 Å². The van der Waals surface area contributed by atoms with Crippen molar-refractivity contribution in [3.8, 4) is 11.3 Å². The largest absolute Gasteiger partial charge is 0.309 e. The summed E-state index contributed by atoms with van der Waals surface area (Å²) in [6.45, 7) is 0. The maximum atomic E-state index is 13.3. The summed E-state index contributed by atoms with van der Waals surface area (Å²) in [7, 11) is -2.13. The molecular weight excluding hydrogens is 383 g/mol. The van der Waals surface area contributed by atoms with E-state index in [1.165, 1.54) is 31.3 Å².